The van der Waals surface area contributed by atoms with Gasteiger partial charge < -0.3 is 14.0 Å². The van der Waals surface area contributed by atoms with Crippen LogP contribution in [0.5, 0.6) is 5.75 Å². The molecule has 0 N–H and O–H groups in total. The molecule has 1 saturated heterocycles. The highest BCUT2D eigenvalue weighted by atomic mass is 16.5. The molecule has 0 saturated carbocycles. The molecule has 0 spiro atoms. The molecule has 1 aliphatic heterocycles. The molecular weight excluding hydrogens is 412 g/mol. The van der Waals surface area contributed by atoms with Crippen molar-refractivity contribution in [2.45, 2.75) is 13.2 Å². The van der Waals surface area contributed by atoms with Crippen LogP contribution in [-0.2, 0) is 17.9 Å². The Morgan fingerprint density at radius 3 is 2.45 bits per heavy atom. The van der Waals surface area contributed by atoms with E-state index < -0.39 is 0 Å². The molecule has 33 heavy (non-hydrogen) atoms. The van der Waals surface area contributed by atoms with Crippen molar-refractivity contribution in [3.8, 4) is 5.75 Å². The molecule has 1 aromatic heterocycles. The Morgan fingerprint density at radius 1 is 0.879 bits per heavy atom. The number of aliphatic imine (C=N–C) groups is 1. The van der Waals surface area contributed by atoms with Gasteiger partial charge in [-0.15, -0.1) is 0 Å². The van der Waals surface area contributed by atoms with E-state index in [1.54, 1.807) is 0 Å². The highest BCUT2D eigenvalue weighted by molar-refractivity contribution is 5.83. The van der Waals surface area contributed by atoms with Crippen LogP contribution in [0.2, 0.25) is 0 Å². The predicted molar refractivity (Wildman–Crippen MR) is 131 cm³/mol. The Kier molecular flexibility index (Phi) is 6.75. The number of hydrogen-bond donors (Lipinski definition) is 0. The van der Waals surface area contributed by atoms with E-state index in [1.807, 2.05) is 60.8 Å². The lowest BCUT2D eigenvalue weighted by Crippen LogP contribution is -2.38. The third-order valence-corrected chi connectivity index (χ3v) is 5.84. The van der Waals surface area contributed by atoms with Crippen molar-refractivity contribution in [1.82, 2.24) is 14.5 Å². The van der Waals surface area contributed by atoms with Crippen LogP contribution < -0.4 is 4.74 Å². The SMILES string of the molecule is C(=Nc1nc2ccccc2n1CCN1CCOCC1)c1ccc(OCc2ccccc2)cc1. The molecule has 5 rings (SSSR count). The third kappa shape index (κ3) is 5.48. The number of imidazole rings is 1. The van der Waals surface area contributed by atoms with E-state index >= 15 is 0 Å². The van der Waals surface area contributed by atoms with E-state index in [0.717, 1.165) is 73.3 Å². The monoisotopic (exact) mass is 440 g/mol. The normalized spacial score (nSPS) is 14.8. The Balaban J connectivity index is 1.28. The van der Waals surface area contributed by atoms with Gasteiger partial charge in [0.2, 0.25) is 5.95 Å². The second kappa shape index (κ2) is 10.4. The van der Waals surface area contributed by atoms with E-state index in [4.69, 9.17) is 19.5 Å². The number of para-hydroxylation sites is 2. The number of ether oxygens (including phenoxy) is 2. The minimum Gasteiger partial charge on any atom is -0.489 e. The van der Waals surface area contributed by atoms with Crippen LogP contribution in [0.3, 0.4) is 0 Å². The van der Waals surface area contributed by atoms with Crippen LogP contribution in [0.1, 0.15) is 11.1 Å². The number of fused-ring (bicyclic) bond motifs is 1. The second-order valence-corrected chi connectivity index (χ2v) is 8.11. The van der Waals surface area contributed by atoms with Crippen LogP contribution in [0.4, 0.5) is 5.95 Å². The van der Waals surface area contributed by atoms with Crippen molar-refractivity contribution in [3.63, 3.8) is 0 Å². The summed E-state index contributed by atoms with van der Waals surface area (Å²) in [6, 6.07) is 26.4. The number of morpholine rings is 1. The minimum atomic E-state index is 0.557. The molecule has 1 aliphatic rings. The highest BCUT2D eigenvalue weighted by Crippen LogP contribution is 2.22. The topological polar surface area (TPSA) is 51.9 Å². The average molecular weight is 441 g/mol. The second-order valence-electron chi connectivity index (χ2n) is 8.11. The van der Waals surface area contributed by atoms with Gasteiger partial charge in [0.15, 0.2) is 0 Å². The average Bonchev–Trinajstić information content (AvgIpc) is 3.24. The quantitative estimate of drug-likeness (QED) is 0.373. The maximum absolute atomic E-state index is 5.88. The first-order valence-corrected chi connectivity index (χ1v) is 11.4. The molecule has 0 radical (unpaired) electrons. The van der Waals surface area contributed by atoms with Gasteiger partial charge in [0.05, 0.1) is 24.2 Å². The summed E-state index contributed by atoms with van der Waals surface area (Å²) < 4.78 is 13.6. The van der Waals surface area contributed by atoms with Crippen molar-refractivity contribution >= 4 is 23.2 Å². The smallest absolute Gasteiger partial charge is 0.230 e. The summed E-state index contributed by atoms with van der Waals surface area (Å²) in [4.78, 5) is 11.9. The van der Waals surface area contributed by atoms with Gasteiger partial charge in [-0.3, -0.25) is 4.90 Å². The Labute approximate surface area is 194 Å². The van der Waals surface area contributed by atoms with E-state index in [2.05, 4.69) is 33.7 Å². The van der Waals surface area contributed by atoms with E-state index in [1.165, 1.54) is 0 Å². The Morgan fingerprint density at radius 2 is 1.64 bits per heavy atom. The molecule has 4 aromatic rings. The van der Waals surface area contributed by atoms with E-state index in [-0.39, 0.29) is 0 Å². The van der Waals surface area contributed by atoms with Gasteiger partial charge in [-0.25, -0.2) is 9.98 Å². The van der Waals surface area contributed by atoms with E-state index in [9.17, 15) is 0 Å². The number of hydrogen-bond acceptors (Lipinski definition) is 5. The molecule has 0 atom stereocenters. The van der Waals surface area contributed by atoms with Crippen LogP contribution >= 0.6 is 0 Å². The van der Waals surface area contributed by atoms with Crippen molar-refractivity contribution in [2.75, 3.05) is 32.8 Å². The maximum Gasteiger partial charge on any atom is 0.230 e. The zero-order valence-corrected chi connectivity index (χ0v) is 18.6. The summed E-state index contributed by atoms with van der Waals surface area (Å²) in [7, 11) is 0. The fourth-order valence-electron chi connectivity index (χ4n) is 3.97. The largest absolute Gasteiger partial charge is 0.489 e. The summed E-state index contributed by atoms with van der Waals surface area (Å²) in [5, 5.41) is 0. The lowest BCUT2D eigenvalue weighted by Gasteiger charge is -2.26. The highest BCUT2D eigenvalue weighted by Gasteiger charge is 2.13. The molecule has 168 valence electrons. The van der Waals surface area contributed by atoms with Crippen molar-refractivity contribution < 1.29 is 9.47 Å². The number of benzene rings is 3. The summed E-state index contributed by atoms with van der Waals surface area (Å²) in [5.41, 5.74) is 4.24. The summed E-state index contributed by atoms with van der Waals surface area (Å²) >= 11 is 0. The standard InChI is InChI=1S/C27H28N4O2/c1-2-6-23(7-3-1)21-33-24-12-10-22(11-13-24)20-28-27-29-25-8-4-5-9-26(25)31(27)15-14-30-16-18-32-19-17-30/h1-13,20H,14-19,21H2. The van der Waals surface area contributed by atoms with Gasteiger partial charge >= 0.3 is 0 Å². The van der Waals surface area contributed by atoms with Crippen LogP contribution in [0, 0.1) is 0 Å². The molecule has 0 amide bonds. The number of aromatic nitrogens is 2. The number of nitrogens with zero attached hydrogens (tertiary/aromatic N) is 4. The van der Waals surface area contributed by atoms with Crippen molar-refractivity contribution in [1.29, 1.82) is 0 Å². The molecule has 0 bridgehead atoms. The lowest BCUT2D eigenvalue weighted by molar-refractivity contribution is 0.0366. The van der Waals surface area contributed by atoms with Crippen LogP contribution in [0.15, 0.2) is 83.9 Å². The molecular formula is C27H28N4O2. The summed E-state index contributed by atoms with van der Waals surface area (Å²) in [6.07, 6.45) is 1.87. The molecule has 1 fully saturated rings. The zero-order chi connectivity index (χ0) is 22.3. The summed E-state index contributed by atoms with van der Waals surface area (Å²) in [5.74, 6) is 1.57. The molecule has 2 heterocycles. The van der Waals surface area contributed by atoms with Crippen LogP contribution in [0.25, 0.3) is 11.0 Å². The van der Waals surface area contributed by atoms with Crippen molar-refractivity contribution in [3.05, 3.63) is 90.0 Å². The fourth-order valence-corrected chi connectivity index (χ4v) is 3.97. The van der Waals surface area contributed by atoms with Gasteiger partial charge in [0.25, 0.3) is 0 Å². The third-order valence-electron chi connectivity index (χ3n) is 5.84. The lowest BCUT2D eigenvalue weighted by atomic mass is 10.2. The van der Waals surface area contributed by atoms with Crippen LogP contribution in [-0.4, -0.2) is 53.5 Å². The Bertz CT molecular complexity index is 1200. The number of rotatable bonds is 8. The maximum atomic E-state index is 5.88. The molecule has 0 unspecified atom stereocenters. The first-order valence-electron chi connectivity index (χ1n) is 11.4. The minimum absolute atomic E-state index is 0.557. The van der Waals surface area contributed by atoms with E-state index in [0.29, 0.717) is 6.61 Å². The fraction of sp³-hybridized carbons (Fsp3) is 0.259. The molecule has 6 heteroatoms. The zero-order valence-electron chi connectivity index (χ0n) is 18.6. The van der Waals surface area contributed by atoms with Gasteiger partial charge in [-0.05, 0) is 47.5 Å². The van der Waals surface area contributed by atoms with Gasteiger partial charge in [0, 0.05) is 32.4 Å². The Hall–Kier alpha value is -3.48. The first kappa shape index (κ1) is 21.4. The van der Waals surface area contributed by atoms with Gasteiger partial charge in [-0.1, -0.05) is 42.5 Å². The van der Waals surface area contributed by atoms with Gasteiger partial charge in [-0.2, -0.15) is 0 Å². The first-order chi connectivity index (χ1) is 16.3. The molecule has 6 nitrogen and oxygen atoms in total. The summed E-state index contributed by atoms with van der Waals surface area (Å²) in [6.45, 7) is 5.93. The van der Waals surface area contributed by atoms with Gasteiger partial charge in [0.1, 0.15) is 12.4 Å². The molecule has 3 aromatic carbocycles. The predicted octanol–water partition coefficient (Wildman–Crippen LogP) is 4.70. The van der Waals surface area contributed by atoms with Crippen molar-refractivity contribution in [2.24, 2.45) is 4.99 Å². The molecule has 0 aliphatic carbocycles.